The lowest BCUT2D eigenvalue weighted by molar-refractivity contribution is 0.301. The van der Waals surface area contributed by atoms with Gasteiger partial charge in [-0.2, -0.15) is 12.6 Å². The molecule has 1 atom stereocenters. The Morgan fingerprint density at radius 1 is 1.28 bits per heavy atom. The Labute approximate surface area is 121 Å². The molecule has 0 unspecified atom stereocenters. The number of thiol groups is 1. The average molecular weight is 292 g/mol. The normalized spacial score (nSPS) is 11.5. The van der Waals surface area contributed by atoms with Gasteiger partial charge in [0.05, 0.1) is 13.7 Å². The van der Waals surface area contributed by atoms with E-state index in [0.29, 0.717) is 6.61 Å². The minimum Gasteiger partial charge on any atom is -0.497 e. The molecule has 1 rings (SSSR count). The highest BCUT2D eigenvalue weighted by molar-refractivity contribution is 7.80. The Kier molecular flexibility index (Phi) is 10.0. The summed E-state index contributed by atoms with van der Waals surface area (Å²) in [5.41, 5.74) is 5.77. The molecule has 0 aliphatic rings. The summed E-state index contributed by atoms with van der Waals surface area (Å²) >= 11 is 4.15. The third-order valence-electron chi connectivity index (χ3n) is 2.51. The summed E-state index contributed by atoms with van der Waals surface area (Å²) in [5.74, 6) is 2.42. The van der Waals surface area contributed by atoms with Crippen LogP contribution in [-0.4, -0.2) is 25.5 Å². The van der Waals surface area contributed by atoms with Crippen LogP contribution in [-0.2, 0) is 0 Å². The fourth-order valence-corrected chi connectivity index (χ4v) is 1.66. The van der Waals surface area contributed by atoms with E-state index in [1.807, 2.05) is 24.3 Å². The first-order valence-electron chi connectivity index (χ1n) is 5.89. The third kappa shape index (κ3) is 6.99. The Bertz CT molecular complexity index is 326. The number of hydrogen-bond acceptors (Lipinski definition) is 4. The molecular formula is C13H22ClNO2S. The molecule has 0 bridgehead atoms. The molecule has 0 fully saturated rings. The van der Waals surface area contributed by atoms with Crippen LogP contribution in [0.2, 0.25) is 0 Å². The second-order valence-electron chi connectivity index (χ2n) is 3.97. The smallest absolute Gasteiger partial charge is 0.122 e. The van der Waals surface area contributed by atoms with Crippen LogP contribution in [0, 0.1) is 0 Å². The first-order chi connectivity index (χ1) is 8.26. The molecule has 0 saturated heterocycles. The minimum atomic E-state index is 0. The fraction of sp³-hybridized carbons (Fsp3) is 0.538. The average Bonchev–Trinajstić information content (AvgIpc) is 2.38. The maximum absolute atomic E-state index is 5.77. The Morgan fingerprint density at radius 3 is 2.67 bits per heavy atom. The van der Waals surface area contributed by atoms with Gasteiger partial charge < -0.3 is 15.2 Å². The number of halogens is 1. The highest BCUT2D eigenvalue weighted by Gasteiger charge is 2.00. The molecule has 2 N–H and O–H groups in total. The van der Waals surface area contributed by atoms with Gasteiger partial charge in [-0.25, -0.2) is 0 Å². The number of nitrogens with two attached hydrogens (primary N) is 1. The first kappa shape index (κ1) is 17.4. The summed E-state index contributed by atoms with van der Waals surface area (Å²) in [6.07, 6.45) is 3.09. The number of rotatable bonds is 8. The van der Waals surface area contributed by atoms with Crippen LogP contribution in [0.15, 0.2) is 24.3 Å². The number of unbranched alkanes of at least 4 members (excludes halogenated alkanes) is 1. The van der Waals surface area contributed by atoms with Gasteiger partial charge in [0.2, 0.25) is 0 Å². The SMILES string of the molecule is COc1cccc(OCCCC[C@H](N)CS)c1.Cl. The monoisotopic (exact) mass is 291 g/mol. The van der Waals surface area contributed by atoms with Crippen LogP contribution in [0.25, 0.3) is 0 Å². The van der Waals surface area contributed by atoms with E-state index in [1.165, 1.54) is 0 Å². The van der Waals surface area contributed by atoms with Crippen LogP contribution in [0.5, 0.6) is 11.5 Å². The Morgan fingerprint density at radius 2 is 2.00 bits per heavy atom. The van der Waals surface area contributed by atoms with Gasteiger partial charge in [-0.3, -0.25) is 0 Å². The third-order valence-corrected chi connectivity index (χ3v) is 2.98. The molecule has 0 saturated carbocycles. The van der Waals surface area contributed by atoms with Crippen LogP contribution in [0.4, 0.5) is 0 Å². The van der Waals surface area contributed by atoms with Crippen LogP contribution < -0.4 is 15.2 Å². The van der Waals surface area contributed by atoms with Gasteiger partial charge in [0.15, 0.2) is 0 Å². The van der Waals surface area contributed by atoms with Crippen molar-refractivity contribution in [1.29, 1.82) is 0 Å². The van der Waals surface area contributed by atoms with Gasteiger partial charge in [-0.1, -0.05) is 6.07 Å². The summed E-state index contributed by atoms with van der Waals surface area (Å²) in [5, 5.41) is 0. The molecule has 0 amide bonds. The molecule has 18 heavy (non-hydrogen) atoms. The number of methoxy groups -OCH3 is 1. The molecule has 5 heteroatoms. The number of benzene rings is 1. The highest BCUT2D eigenvalue weighted by atomic mass is 35.5. The zero-order valence-corrected chi connectivity index (χ0v) is 12.4. The molecule has 0 aliphatic heterocycles. The topological polar surface area (TPSA) is 44.5 Å². The Balaban J connectivity index is 0.00000289. The van der Waals surface area contributed by atoms with E-state index in [1.54, 1.807) is 7.11 Å². The lowest BCUT2D eigenvalue weighted by atomic mass is 10.1. The molecule has 104 valence electrons. The molecule has 0 spiro atoms. The van der Waals surface area contributed by atoms with Crippen molar-refractivity contribution in [2.75, 3.05) is 19.5 Å². The molecule has 0 aromatic heterocycles. The zero-order chi connectivity index (χ0) is 12.5. The second kappa shape index (κ2) is 10.4. The van der Waals surface area contributed by atoms with Gasteiger partial charge in [-0.05, 0) is 31.4 Å². The predicted octanol–water partition coefficient (Wildman–Crippen LogP) is 2.92. The van der Waals surface area contributed by atoms with Crippen LogP contribution in [0.3, 0.4) is 0 Å². The Hall–Kier alpha value is -0.580. The van der Waals surface area contributed by atoms with E-state index in [2.05, 4.69) is 12.6 Å². The lowest BCUT2D eigenvalue weighted by Crippen LogP contribution is -2.21. The van der Waals surface area contributed by atoms with E-state index < -0.39 is 0 Å². The zero-order valence-electron chi connectivity index (χ0n) is 10.7. The second-order valence-corrected chi connectivity index (χ2v) is 4.33. The van der Waals surface area contributed by atoms with E-state index in [-0.39, 0.29) is 18.4 Å². The van der Waals surface area contributed by atoms with Crippen LogP contribution in [0.1, 0.15) is 19.3 Å². The standard InChI is InChI=1S/C13H21NO2S.ClH/c1-15-12-6-4-7-13(9-12)16-8-3-2-5-11(14)10-17;/h4,6-7,9,11,17H,2-3,5,8,10,14H2,1H3;1H/t11-;/m0./s1. The number of ether oxygens (including phenoxy) is 2. The molecule has 1 aromatic carbocycles. The van der Waals surface area contributed by atoms with Gasteiger partial charge >= 0.3 is 0 Å². The maximum Gasteiger partial charge on any atom is 0.122 e. The van der Waals surface area contributed by atoms with Crippen molar-refractivity contribution in [2.24, 2.45) is 5.73 Å². The largest absolute Gasteiger partial charge is 0.497 e. The quantitative estimate of drug-likeness (QED) is 0.572. The van der Waals surface area contributed by atoms with Gasteiger partial charge in [0, 0.05) is 17.9 Å². The van der Waals surface area contributed by atoms with Crippen molar-refractivity contribution in [3.8, 4) is 11.5 Å². The van der Waals surface area contributed by atoms with Crippen molar-refractivity contribution in [2.45, 2.75) is 25.3 Å². The summed E-state index contributed by atoms with van der Waals surface area (Å²) in [6.45, 7) is 0.715. The van der Waals surface area contributed by atoms with Crippen molar-refractivity contribution in [1.82, 2.24) is 0 Å². The minimum absolute atomic E-state index is 0. The summed E-state index contributed by atoms with van der Waals surface area (Å²) in [6, 6.07) is 7.85. The molecule has 0 radical (unpaired) electrons. The first-order valence-corrected chi connectivity index (χ1v) is 6.53. The van der Waals surface area contributed by atoms with Gasteiger partial charge in [0.25, 0.3) is 0 Å². The molecule has 3 nitrogen and oxygen atoms in total. The van der Waals surface area contributed by atoms with Crippen LogP contribution >= 0.6 is 25.0 Å². The molecule has 1 aromatic rings. The van der Waals surface area contributed by atoms with Gasteiger partial charge in [-0.15, -0.1) is 12.4 Å². The van der Waals surface area contributed by atoms with Crippen molar-refractivity contribution >= 4 is 25.0 Å². The summed E-state index contributed by atoms with van der Waals surface area (Å²) in [4.78, 5) is 0. The van der Waals surface area contributed by atoms with Gasteiger partial charge in [0.1, 0.15) is 11.5 Å². The summed E-state index contributed by atoms with van der Waals surface area (Å²) < 4.78 is 10.7. The summed E-state index contributed by atoms with van der Waals surface area (Å²) in [7, 11) is 1.65. The van der Waals surface area contributed by atoms with E-state index in [9.17, 15) is 0 Å². The molecule has 0 heterocycles. The fourth-order valence-electron chi connectivity index (χ4n) is 1.48. The maximum atomic E-state index is 5.77. The van der Waals surface area contributed by atoms with Crippen molar-refractivity contribution < 1.29 is 9.47 Å². The molecule has 0 aliphatic carbocycles. The lowest BCUT2D eigenvalue weighted by Gasteiger charge is -2.09. The number of hydrogen-bond donors (Lipinski definition) is 2. The van der Waals surface area contributed by atoms with E-state index >= 15 is 0 Å². The van der Waals surface area contributed by atoms with E-state index in [0.717, 1.165) is 36.5 Å². The van der Waals surface area contributed by atoms with Crippen molar-refractivity contribution in [3.05, 3.63) is 24.3 Å². The highest BCUT2D eigenvalue weighted by Crippen LogP contribution is 2.19. The van der Waals surface area contributed by atoms with Crippen molar-refractivity contribution in [3.63, 3.8) is 0 Å². The van der Waals surface area contributed by atoms with E-state index in [4.69, 9.17) is 15.2 Å². The molecular weight excluding hydrogens is 270 g/mol. The predicted molar refractivity (Wildman–Crippen MR) is 81.4 cm³/mol.